The molecule has 2 N–H and O–H groups in total. The van der Waals surface area contributed by atoms with Crippen LogP contribution in [0.5, 0.6) is 0 Å². The van der Waals surface area contributed by atoms with Gasteiger partial charge in [-0.2, -0.15) is 8.42 Å². The first kappa shape index (κ1) is 13.5. The maximum atomic E-state index is 11.5. The molecule has 0 radical (unpaired) electrons. The van der Waals surface area contributed by atoms with E-state index in [1.165, 1.54) is 0 Å². The predicted molar refractivity (Wildman–Crippen MR) is 53.7 cm³/mol. The van der Waals surface area contributed by atoms with E-state index in [0.29, 0.717) is 6.54 Å². The van der Waals surface area contributed by atoms with E-state index in [2.05, 4.69) is 5.32 Å². The van der Waals surface area contributed by atoms with Crippen molar-refractivity contribution in [2.45, 2.75) is 26.8 Å². The van der Waals surface area contributed by atoms with Crippen LogP contribution >= 0.6 is 0 Å². The Morgan fingerprint density at radius 2 is 1.93 bits per heavy atom. The van der Waals surface area contributed by atoms with Crippen LogP contribution in [0.15, 0.2) is 0 Å². The fraction of sp³-hybridized carbons (Fsp3) is 0.875. The summed E-state index contributed by atoms with van der Waals surface area (Å²) in [6.07, 6.45) is 0. The molecule has 0 bridgehead atoms. The third kappa shape index (κ3) is 5.31. The van der Waals surface area contributed by atoms with Crippen molar-refractivity contribution in [3.05, 3.63) is 0 Å². The van der Waals surface area contributed by atoms with Crippen molar-refractivity contribution in [2.75, 3.05) is 12.3 Å². The zero-order valence-corrected chi connectivity index (χ0v) is 9.47. The molecule has 0 aromatic heterocycles. The van der Waals surface area contributed by atoms with E-state index in [0.717, 1.165) is 0 Å². The smallest absolute Gasteiger partial charge is 0.266 e. The fourth-order valence-electron chi connectivity index (χ4n) is 1.10. The number of carbonyl (C=O) groups is 1. The molecule has 84 valence electrons. The minimum absolute atomic E-state index is 0.204. The van der Waals surface area contributed by atoms with Gasteiger partial charge < -0.3 is 5.32 Å². The van der Waals surface area contributed by atoms with Gasteiger partial charge in [0.1, 0.15) is 0 Å². The van der Waals surface area contributed by atoms with Crippen LogP contribution in [0.3, 0.4) is 0 Å². The first-order valence-corrected chi connectivity index (χ1v) is 6.11. The summed E-state index contributed by atoms with van der Waals surface area (Å²) in [6.45, 7) is 5.64. The van der Waals surface area contributed by atoms with Gasteiger partial charge in [-0.25, -0.2) is 0 Å². The number of ketones is 1. The average molecular weight is 223 g/mol. The van der Waals surface area contributed by atoms with Gasteiger partial charge in [-0.15, -0.1) is 0 Å². The number of hydrogen-bond donors (Lipinski definition) is 2. The Morgan fingerprint density at radius 3 is 2.21 bits per heavy atom. The Morgan fingerprint density at radius 1 is 1.43 bits per heavy atom. The molecule has 0 fully saturated rings. The molecular formula is C8H17NO4S. The molecule has 1 atom stereocenters. The third-order valence-corrected chi connectivity index (χ3v) is 2.49. The quantitative estimate of drug-likeness (QED) is 0.623. The molecule has 0 saturated carbocycles. The van der Waals surface area contributed by atoms with Gasteiger partial charge in [0.05, 0.1) is 11.8 Å². The highest BCUT2D eigenvalue weighted by molar-refractivity contribution is 7.85. The molecule has 0 aromatic rings. The number of likely N-dealkylation sites (N-methyl/N-ethyl adjacent to an activating group) is 1. The minimum atomic E-state index is -4.11. The van der Waals surface area contributed by atoms with Crippen molar-refractivity contribution in [3.63, 3.8) is 0 Å². The topological polar surface area (TPSA) is 83.5 Å². The van der Waals surface area contributed by atoms with Gasteiger partial charge in [0.25, 0.3) is 10.1 Å². The van der Waals surface area contributed by atoms with Crippen molar-refractivity contribution < 1.29 is 17.8 Å². The van der Waals surface area contributed by atoms with Gasteiger partial charge in [-0.1, -0.05) is 20.8 Å². The molecule has 6 heteroatoms. The van der Waals surface area contributed by atoms with E-state index in [4.69, 9.17) is 4.55 Å². The molecule has 0 amide bonds. The van der Waals surface area contributed by atoms with Crippen molar-refractivity contribution in [1.29, 1.82) is 0 Å². The maximum absolute atomic E-state index is 11.5. The zero-order valence-electron chi connectivity index (χ0n) is 8.65. The Bertz CT molecular complexity index is 284. The summed E-state index contributed by atoms with van der Waals surface area (Å²) in [5.41, 5.74) is 0. The van der Waals surface area contributed by atoms with Gasteiger partial charge in [-0.05, 0) is 6.54 Å². The van der Waals surface area contributed by atoms with Crippen LogP contribution in [0.4, 0.5) is 0 Å². The zero-order chi connectivity index (χ0) is 11.4. The summed E-state index contributed by atoms with van der Waals surface area (Å²) in [7, 11) is -4.11. The highest BCUT2D eigenvalue weighted by Gasteiger charge is 2.24. The summed E-state index contributed by atoms with van der Waals surface area (Å²) in [5, 5.41) is 2.73. The van der Waals surface area contributed by atoms with E-state index >= 15 is 0 Å². The standard InChI is InChI=1S/C8H17NO4S/c1-4-9-7(5-14(11,12)13)8(10)6(2)3/h6-7,9H,4-5H2,1-3H3,(H,11,12,13). The van der Waals surface area contributed by atoms with E-state index in [-0.39, 0.29) is 11.7 Å². The molecule has 0 saturated heterocycles. The molecule has 0 aliphatic carbocycles. The average Bonchev–Trinajstić information content (AvgIpc) is 1.99. The van der Waals surface area contributed by atoms with E-state index in [1.807, 2.05) is 0 Å². The molecule has 5 nitrogen and oxygen atoms in total. The number of rotatable bonds is 6. The van der Waals surface area contributed by atoms with Crippen molar-refractivity contribution >= 4 is 15.9 Å². The van der Waals surface area contributed by atoms with E-state index in [9.17, 15) is 13.2 Å². The molecule has 0 heterocycles. The molecular weight excluding hydrogens is 206 g/mol. The van der Waals surface area contributed by atoms with E-state index < -0.39 is 21.9 Å². The first-order valence-electron chi connectivity index (χ1n) is 4.50. The van der Waals surface area contributed by atoms with Crippen LogP contribution in [-0.4, -0.2) is 37.1 Å². The van der Waals surface area contributed by atoms with Crippen molar-refractivity contribution in [3.8, 4) is 0 Å². The number of Topliss-reactive ketones (excluding diaryl/α,β-unsaturated/α-hetero) is 1. The van der Waals surface area contributed by atoms with Crippen molar-refractivity contribution in [1.82, 2.24) is 5.32 Å². The summed E-state index contributed by atoms with van der Waals surface area (Å²) >= 11 is 0. The molecule has 0 aliphatic rings. The third-order valence-electron chi connectivity index (χ3n) is 1.74. The van der Waals surface area contributed by atoms with Crippen molar-refractivity contribution in [2.24, 2.45) is 5.92 Å². The molecule has 0 aromatic carbocycles. The largest absolute Gasteiger partial charge is 0.307 e. The lowest BCUT2D eigenvalue weighted by Gasteiger charge is -2.16. The summed E-state index contributed by atoms with van der Waals surface area (Å²) in [4.78, 5) is 11.5. The van der Waals surface area contributed by atoms with Gasteiger partial charge in [-0.3, -0.25) is 9.35 Å². The fourth-order valence-corrected chi connectivity index (χ4v) is 1.80. The second-order valence-electron chi connectivity index (χ2n) is 3.42. The number of carbonyl (C=O) groups excluding carboxylic acids is 1. The lowest BCUT2D eigenvalue weighted by Crippen LogP contribution is -2.44. The molecule has 0 rings (SSSR count). The lowest BCUT2D eigenvalue weighted by molar-refractivity contribution is -0.123. The highest BCUT2D eigenvalue weighted by Crippen LogP contribution is 2.02. The predicted octanol–water partition coefficient (Wildman–Crippen LogP) is 0.0774. The molecule has 0 spiro atoms. The van der Waals surface area contributed by atoms with Gasteiger partial charge >= 0.3 is 0 Å². The normalized spacial score (nSPS) is 14.4. The summed E-state index contributed by atoms with van der Waals surface area (Å²) < 4.78 is 29.8. The summed E-state index contributed by atoms with van der Waals surface area (Å²) in [5.74, 6) is -1.01. The molecule has 14 heavy (non-hydrogen) atoms. The van der Waals surface area contributed by atoms with Gasteiger partial charge in [0, 0.05) is 5.92 Å². The number of nitrogens with one attached hydrogen (secondary N) is 1. The summed E-state index contributed by atoms with van der Waals surface area (Å²) in [6, 6.07) is -0.810. The second kappa shape index (κ2) is 5.43. The van der Waals surface area contributed by atoms with Crippen LogP contribution in [0.1, 0.15) is 20.8 Å². The highest BCUT2D eigenvalue weighted by atomic mass is 32.2. The van der Waals surface area contributed by atoms with Crippen LogP contribution in [0, 0.1) is 5.92 Å². The Hall–Kier alpha value is -0.460. The molecule has 1 unspecified atom stereocenters. The van der Waals surface area contributed by atoms with Gasteiger partial charge in [0.15, 0.2) is 5.78 Å². The Labute approximate surface area is 84.6 Å². The van der Waals surface area contributed by atoms with Crippen LogP contribution in [0.2, 0.25) is 0 Å². The minimum Gasteiger partial charge on any atom is -0.307 e. The number of hydrogen-bond acceptors (Lipinski definition) is 4. The van der Waals surface area contributed by atoms with Crippen LogP contribution < -0.4 is 5.32 Å². The molecule has 0 aliphatic heterocycles. The Kier molecular flexibility index (Phi) is 5.25. The SMILES string of the molecule is CCNC(CS(=O)(=O)O)C(=O)C(C)C. The lowest BCUT2D eigenvalue weighted by atomic mass is 10.0. The Balaban J connectivity index is 4.52. The monoisotopic (exact) mass is 223 g/mol. The van der Waals surface area contributed by atoms with Crippen LogP contribution in [0.25, 0.3) is 0 Å². The van der Waals surface area contributed by atoms with Crippen LogP contribution in [-0.2, 0) is 14.9 Å². The maximum Gasteiger partial charge on any atom is 0.266 e. The van der Waals surface area contributed by atoms with E-state index in [1.54, 1.807) is 20.8 Å². The second-order valence-corrected chi connectivity index (χ2v) is 4.91. The first-order chi connectivity index (χ1) is 6.28. The van der Waals surface area contributed by atoms with Gasteiger partial charge in [0.2, 0.25) is 0 Å².